The summed E-state index contributed by atoms with van der Waals surface area (Å²) in [5.41, 5.74) is 1.12. The minimum atomic E-state index is -1.52. The average Bonchev–Trinajstić information content (AvgIpc) is 2.87. The number of aromatic carboxylic acids is 1. The molecule has 1 aliphatic carbocycles. The molecule has 194 valence electrons. The van der Waals surface area contributed by atoms with Crippen LogP contribution in [-0.2, 0) is 38.3 Å². The van der Waals surface area contributed by atoms with Crippen molar-refractivity contribution in [2.24, 2.45) is 5.41 Å². The molecule has 0 aromatic heterocycles. The van der Waals surface area contributed by atoms with Crippen LogP contribution >= 0.6 is 0 Å². The van der Waals surface area contributed by atoms with Crippen molar-refractivity contribution in [3.63, 3.8) is 0 Å². The molecule has 9 nitrogen and oxygen atoms in total. The third-order valence-corrected chi connectivity index (χ3v) is 6.52. The van der Waals surface area contributed by atoms with E-state index in [-0.39, 0.29) is 38.0 Å². The lowest BCUT2D eigenvalue weighted by Gasteiger charge is -2.35. The summed E-state index contributed by atoms with van der Waals surface area (Å²) in [5.74, 6) is -0.936. The molecule has 9 heteroatoms. The summed E-state index contributed by atoms with van der Waals surface area (Å²) in [5, 5.41) is 9.76. The van der Waals surface area contributed by atoms with Crippen LogP contribution in [0.1, 0.15) is 52.9 Å². The number of carbonyl (C=O) groups excluding carboxylic acids is 2. The average molecular weight is 501 g/mol. The Morgan fingerprint density at radius 2 is 1.56 bits per heavy atom. The van der Waals surface area contributed by atoms with E-state index in [0.717, 1.165) is 5.56 Å². The minimum Gasteiger partial charge on any atom is -0.496 e. The molecule has 0 amide bonds. The molecule has 0 aliphatic heterocycles. The lowest BCUT2D eigenvalue weighted by Crippen LogP contribution is -2.46. The molecule has 3 rings (SSSR count). The van der Waals surface area contributed by atoms with Gasteiger partial charge in [0.25, 0.3) is 0 Å². The van der Waals surface area contributed by atoms with Gasteiger partial charge in [0.1, 0.15) is 17.2 Å². The van der Waals surface area contributed by atoms with Crippen molar-refractivity contribution < 1.29 is 43.2 Å². The standard InChI is InChI=1S/C27H32O9/c1-6-35-25(30)27(26(31)36-7-2)12-11-17-20(15-27)23(34-5)16(14-22(17)33-4)13-19-18(24(28)29)9-8-10-21(19)32-3/h8-10,14H,6-7,11-13,15H2,1-5H3,(H,28,29). The predicted octanol–water partition coefficient (Wildman–Crippen LogP) is 3.60. The fraction of sp³-hybridized carbons (Fsp3) is 0.444. The van der Waals surface area contributed by atoms with E-state index in [4.69, 9.17) is 23.7 Å². The summed E-state index contributed by atoms with van der Waals surface area (Å²) < 4.78 is 27.5. The van der Waals surface area contributed by atoms with Crippen LogP contribution in [0.2, 0.25) is 0 Å². The van der Waals surface area contributed by atoms with Crippen molar-refractivity contribution in [1.29, 1.82) is 0 Å². The molecule has 0 atom stereocenters. The van der Waals surface area contributed by atoms with Crippen molar-refractivity contribution in [3.05, 3.63) is 52.1 Å². The number of carboxylic acid groups (broad SMARTS) is 1. The van der Waals surface area contributed by atoms with Gasteiger partial charge in [0, 0.05) is 35.1 Å². The van der Waals surface area contributed by atoms with Crippen LogP contribution in [0.25, 0.3) is 0 Å². The van der Waals surface area contributed by atoms with E-state index in [0.29, 0.717) is 40.4 Å². The van der Waals surface area contributed by atoms with Gasteiger partial charge in [-0.1, -0.05) is 6.07 Å². The monoisotopic (exact) mass is 500 g/mol. The molecule has 2 aromatic rings. The predicted molar refractivity (Wildman–Crippen MR) is 130 cm³/mol. The van der Waals surface area contributed by atoms with E-state index < -0.39 is 23.3 Å². The van der Waals surface area contributed by atoms with Gasteiger partial charge < -0.3 is 28.8 Å². The molecular formula is C27H32O9. The van der Waals surface area contributed by atoms with E-state index in [1.165, 1.54) is 27.4 Å². The zero-order valence-corrected chi connectivity index (χ0v) is 21.3. The van der Waals surface area contributed by atoms with E-state index in [2.05, 4.69) is 0 Å². The molecule has 1 aliphatic rings. The van der Waals surface area contributed by atoms with Gasteiger partial charge in [0.15, 0.2) is 5.41 Å². The van der Waals surface area contributed by atoms with Crippen molar-refractivity contribution in [2.75, 3.05) is 34.5 Å². The molecule has 1 N–H and O–H groups in total. The number of rotatable bonds is 10. The Morgan fingerprint density at radius 3 is 2.08 bits per heavy atom. The fourth-order valence-electron chi connectivity index (χ4n) is 4.85. The largest absolute Gasteiger partial charge is 0.496 e. The number of esters is 2. The van der Waals surface area contributed by atoms with Gasteiger partial charge in [-0.05, 0) is 44.9 Å². The summed E-state index contributed by atoms with van der Waals surface area (Å²) in [4.78, 5) is 38.1. The zero-order valence-electron chi connectivity index (χ0n) is 21.3. The lowest BCUT2D eigenvalue weighted by atomic mass is 9.70. The summed E-state index contributed by atoms with van der Waals surface area (Å²) in [6, 6.07) is 6.62. The normalized spacial score (nSPS) is 13.8. The van der Waals surface area contributed by atoms with Crippen molar-refractivity contribution in [1.82, 2.24) is 0 Å². The second kappa shape index (κ2) is 11.3. The number of hydrogen-bond donors (Lipinski definition) is 1. The van der Waals surface area contributed by atoms with Gasteiger partial charge in [-0.15, -0.1) is 0 Å². The van der Waals surface area contributed by atoms with Crippen molar-refractivity contribution in [3.8, 4) is 17.2 Å². The van der Waals surface area contributed by atoms with E-state index in [1.807, 2.05) is 0 Å². The van der Waals surface area contributed by atoms with Crippen LogP contribution in [0.15, 0.2) is 24.3 Å². The van der Waals surface area contributed by atoms with E-state index in [1.54, 1.807) is 32.0 Å². The minimum absolute atomic E-state index is 0.00505. The molecule has 0 unspecified atom stereocenters. The highest BCUT2D eigenvalue weighted by molar-refractivity contribution is 6.01. The number of carboxylic acids is 1. The Hall–Kier alpha value is -3.75. The second-order valence-electron chi connectivity index (χ2n) is 8.40. The van der Waals surface area contributed by atoms with E-state index >= 15 is 0 Å². The van der Waals surface area contributed by atoms with Gasteiger partial charge in [-0.25, -0.2) is 4.79 Å². The Bertz CT molecular complexity index is 1130. The van der Waals surface area contributed by atoms with Crippen molar-refractivity contribution >= 4 is 17.9 Å². The molecule has 0 saturated carbocycles. The first-order valence-electron chi connectivity index (χ1n) is 11.8. The molecule has 0 saturated heterocycles. The molecule has 36 heavy (non-hydrogen) atoms. The maximum Gasteiger partial charge on any atom is 0.336 e. The molecule has 2 aromatic carbocycles. The third kappa shape index (κ3) is 4.82. The first-order valence-corrected chi connectivity index (χ1v) is 11.8. The van der Waals surface area contributed by atoms with Gasteiger partial charge in [0.05, 0.1) is 40.1 Å². The summed E-state index contributed by atoms with van der Waals surface area (Å²) in [7, 11) is 4.51. The molecule has 0 heterocycles. The Kier molecular flexibility index (Phi) is 8.45. The van der Waals surface area contributed by atoms with Crippen LogP contribution in [0.3, 0.4) is 0 Å². The quantitative estimate of drug-likeness (QED) is 0.386. The smallest absolute Gasteiger partial charge is 0.336 e. The molecule has 0 bridgehead atoms. The van der Waals surface area contributed by atoms with E-state index in [9.17, 15) is 19.5 Å². The first kappa shape index (κ1) is 26.8. The summed E-state index contributed by atoms with van der Waals surface area (Å²) >= 11 is 0. The highest BCUT2D eigenvalue weighted by atomic mass is 16.6. The maximum atomic E-state index is 13.1. The highest BCUT2D eigenvalue weighted by Gasteiger charge is 2.52. The molecular weight excluding hydrogens is 468 g/mol. The van der Waals surface area contributed by atoms with Crippen LogP contribution in [0, 0.1) is 5.41 Å². The second-order valence-corrected chi connectivity index (χ2v) is 8.40. The molecule has 0 spiro atoms. The van der Waals surface area contributed by atoms with Gasteiger partial charge in [-0.2, -0.15) is 0 Å². The third-order valence-electron chi connectivity index (χ3n) is 6.52. The van der Waals surface area contributed by atoms with Crippen LogP contribution in [-0.4, -0.2) is 57.6 Å². The zero-order chi connectivity index (χ0) is 26.5. The number of hydrogen-bond acceptors (Lipinski definition) is 8. The first-order chi connectivity index (χ1) is 17.3. The molecule has 0 fully saturated rings. The Balaban J connectivity index is 2.21. The number of fused-ring (bicyclic) bond motifs is 1. The number of carbonyl (C=O) groups is 3. The Morgan fingerprint density at radius 1 is 0.917 bits per heavy atom. The van der Waals surface area contributed by atoms with Gasteiger partial charge >= 0.3 is 17.9 Å². The SMILES string of the molecule is CCOC(=O)C1(C(=O)OCC)CCc2c(OC)cc(Cc3c(OC)cccc3C(=O)O)c(OC)c2C1. The molecule has 0 radical (unpaired) electrons. The number of methoxy groups -OCH3 is 3. The highest BCUT2D eigenvalue weighted by Crippen LogP contribution is 2.47. The van der Waals surface area contributed by atoms with Crippen LogP contribution in [0.4, 0.5) is 0 Å². The number of ether oxygens (including phenoxy) is 5. The summed E-state index contributed by atoms with van der Waals surface area (Å²) in [6.07, 6.45) is 0.726. The maximum absolute atomic E-state index is 13.1. The van der Waals surface area contributed by atoms with Gasteiger partial charge in [-0.3, -0.25) is 9.59 Å². The number of benzene rings is 2. The Labute approximate surface area is 210 Å². The van der Waals surface area contributed by atoms with Crippen molar-refractivity contribution in [2.45, 2.75) is 39.5 Å². The van der Waals surface area contributed by atoms with Crippen LogP contribution < -0.4 is 14.2 Å². The summed E-state index contributed by atoms with van der Waals surface area (Å²) in [6.45, 7) is 3.61. The van der Waals surface area contributed by atoms with Crippen LogP contribution in [0.5, 0.6) is 17.2 Å². The van der Waals surface area contributed by atoms with Gasteiger partial charge in [0.2, 0.25) is 0 Å². The topological polar surface area (TPSA) is 118 Å². The lowest BCUT2D eigenvalue weighted by molar-refractivity contribution is -0.173. The fourth-order valence-corrected chi connectivity index (χ4v) is 4.85.